The molecule has 2 amide bonds. The number of ether oxygens (including phenoxy) is 3. The number of carboxylic acid groups (broad SMARTS) is 1. The Kier molecular flexibility index (Phi) is 8.42. The Morgan fingerprint density at radius 3 is 2.15 bits per heavy atom. The highest BCUT2D eigenvalue weighted by Gasteiger charge is 2.39. The first kappa shape index (κ1) is 27.4. The third-order valence-corrected chi connectivity index (χ3v) is 7.31. The van der Waals surface area contributed by atoms with Crippen molar-refractivity contribution in [3.63, 3.8) is 0 Å². The quantitative estimate of drug-likeness (QED) is 0.377. The van der Waals surface area contributed by atoms with Gasteiger partial charge in [-0.15, -0.1) is 0 Å². The summed E-state index contributed by atoms with van der Waals surface area (Å²) in [6.07, 6.45) is -1.74. The summed E-state index contributed by atoms with van der Waals surface area (Å²) in [4.78, 5) is 38.7. The fourth-order valence-corrected chi connectivity index (χ4v) is 5.15. The predicted molar refractivity (Wildman–Crippen MR) is 147 cm³/mol. The minimum atomic E-state index is -1.07. The molecule has 2 N–H and O–H groups in total. The van der Waals surface area contributed by atoms with Crippen LogP contribution in [0.5, 0.6) is 0 Å². The van der Waals surface area contributed by atoms with Gasteiger partial charge in [-0.05, 0) is 34.7 Å². The first-order chi connectivity index (χ1) is 19.4. The van der Waals surface area contributed by atoms with Gasteiger partial charge in [-0.1, -0.05) is 78.9 Å². The Bertz CT molecular complexity index is 1310. The van der Waals surface area contributed by atoms with Crippen molar-refractivity contribution in [2.45, 2.75) is 37.7 Å². The lowest BCUT2D eigenvalue weighted by molar-refractivity contribution is -0.157. The maximum Gasteiger partial charge on any atom is 0.407 e. The van der Waals surface area contributed by atoms with E-state index in [1.54, 1.807) is 6.92 Å². The number of likely N-dealkylation sites (tertiary alicyclic amines) is 1. The molecule has 3 aromatic carbocycles. The van der Waals surface area contributed by atoms with Crippen LogP contribution in [0.25, 0.3) is 11.1 Å². The van der Waals surface area contributed by atoms with Gasteiger partial charge in [0.1, 0.15) is 19.3 Å². The van der Waals surface area contributed by atoms with Crippen LogP contribution >= 0.6 is 0 Å². The molecule has 5 rings (SSSR count). The van der Waals surface area contributed by atoms with Gasteiger partial charge in [-0.2, -0.15) is 0 Å². The minimum absolute atomic E-state index is 0.110. The third kappa shape index (κ3) is 6.16. The van der Waals surface area contributed by atoms with E-state index < -0.39 is 30.8 Å². The molecule has 1 aliphatic carbocycles. The number of nitrogens with one attached hydrogen (secondary N) is 1. The molecule has 1 fully saturated rings. The van der Waals surface area contributed by atoms with Crippen LogP contribution in [0.15, 0.2) is 78.9 Å². The van der Waals surface area contributed by atoms with E-state index in [9.17, 15) is 14.4 Å². The number of fused-ring (bicyclic) bond motifs is 3. The number of alkyl carbamates (subject to hydrolysis) is 1. The van der Waals surface area contributed by atoms with E-state index in [1.807, 2.05) is 66.7 Å². The summed E-state index contributed by atoms with van der Waals surface area (Å²) in [5.41, 5.74) is 5.38. The molecule has 3 aromatic rings. The van der Waals surface area contributed by atoms with Crippen LogP contribution in [0.4, 0.5) is 4.79 Å². The number of carbonyl (C=O) groups is 3. The molecule has 2 unspecified atom stereocenters. The molecular formula is C31H32N2O7. The largest absolute Gasteiger partial charge is 0.480 e. The molecule has 0 aromatic heterocycles. The molecule has 9 heteroatoms. The highest BCUT2D eigenvalue weighted by Crippen LogP contribution is 2.44. The number of benzene rings is 3. The minimum Gasteiger partial charge on any atom is -0.480 e. The van der Waals surface area contributed by atoms with E-state index >= 15 is 0 Å². The predicted octanol–water partition coefficient (Wildman–Crippen LogP) is 3.81. The van der Waals surface area contributed by atoms with Gasteiger partial charge >= 0.3 is 12.1 Å². The highest BCUT2D eigenvalue weighted by atomic mass is 16.6. The summed E-state index contributed by atoms with van der Waals surface area (Å²) < 4.78 is 16.9. The Morgan fingerprint density at radius 1 is 0.925 bits per heavy atom. The SMILES string of the molecule is CC(OCc1ccccc1)C(NC(=O)OCC1c2ccccc2-c2ccccc21)C(=O)N1CC(OCC(=O)O)C1. The second-order valence-corrected chi connectivity index (χ2v) is 10.0. The Balaban J connectivity index is 1.23. The molecule has 40 heavy (non-hydrogen) atoms. The summed E-state index contributed by atoms with van der Waals surface area (Å²) in [6, 6.07) is 24.7. The first-order valence-corrected chi connectivity index (χ1v) is 13.3. The topological polar surface area (TPSA) is 114 Å². The van der Waals surface area contributed by atoms with Crippen molar-refractivity contribution in [2.24, 2.45) is 0 Å². The number of nitrogens with zero attached hydrogens (tertiary/aromatic N) is 1. The van der Waals surface area contributed by atoms with Crippen LogP contribution in [0, 0.1) is 0 Å². The average Bonchev–Trinajstić information content (AvgIpc) is 3.26. The summed E-state index contributed by atoms with van der Waals surface area (Å²) in [5, 5.41) is 11.6. The zero-order chi connectivity index (χ0) is 28.1. The second kappa shape index (κ2) is 12.3. The van der Waals surface area contributed by atoms with Crippen LogP contribution in [0.1, 0.15) is 29.5 Å². The Labute approximate surface area is 232 Å². The van der Waals surface area contributed by atoms with E-state index in [4.69, 9.17) is 19.3 Å². The second-order valence-electron chi connectivity index (χ2n) is 10.0. The number of carbonyl (C=O) groups excluding carboxylic acids is 2. The standard InChI is InChI=1S/C31H32N2O7/c1-20(38-17-21-9-3-2-4-10-21)29(30(36)33-15-22(16-33)39-19-28(34)35)32-31(37)40-18-27-25-13-7-5-11-23(25)24-12-6-8-14-26(24)27/h2-14,20,22,27,29H,15-19H2,1H3,(H,32,37)(H,34,35). The number of aliphatic carboxylic acids is 1. The fraction of sp³-hybridized carbons (Fsp3) is 0.323. The van der Waals surface area contributed by atoms with Gasteiger partial charge in [0.05, 0.1) is 18.8 Å². The summed E-state index contributed by atoms with van der Waals surface area (Å²) in [6.45, 7) is 2.16. The van der Waals surface area contributed by atoms with Crippen LogP contribution in [0.2, 0.25) is 0 Å². The van der Waals surface area contributed by atoms with Crippen LogP contribution in [-0.4, -0.2) is 72.5 Å². The van der Waals surface area contributed by atoms with Gasteiger partial charge in [0.2, 0.25) is 5.91 Å². The molecule has 9 nitrogen and oxygen atoms in total. The number of amides is 2. The lowest BCUT2D eigenvalue weighted by Crippen LogP contribution is -2.62. The van der Waals surface area contributed by atoms with E-state index in [2.05, 4.69) is 17.4 Å². The molecule has 0 radical (unpaired) electrons. The van der Waals surface area contributed by atoms with Crippen molar-refractivity contribution in [2.75, 3.05) is 26.3 Å². The summed E-state index contributed by atoms with van der Waals surface area (Å²) in [5.74, 6) is -1.52. The van der Waals surface area contributed by atoms with Crippen molar-refractivity contribution >= 4 is 18.0 Å². The van der Waals surface area contributed by atoms with Crippen molar-refractivity contribution in [3.05, 3.63) is 95.6 Å². The molecule has 2 atom stereocenters. The summed E-state index contributed by atoms with van der Waals surface area (Å²) in [7, 11) is 0. The van der Waals surface area contributed by atoms with E-state index in [1.165, 1.54) is 4.90 Å². The number of hydrogen-bond acceptors (Lipinski definition) is 6. The van der Waals surface area contributed by atoms with Gasteiger partial charge in [0.15, 0.2) is 0 Å². The maximum atomic E-state index is 13.4. The maximum absolute atomic E-state index is 13.4. The Morgan fingerprint density at radius 2 is 1.52 bits per heavy atom. The van der Waals surface area contributed by atoms with Gasteiger partial charge in [0.25, 0.3) is 0 Å². The summed E-state index contributed by atoms with van der Waals surface area (Å²) >= 11 is 0. The number of carboxylic acids is 1. The van der Waals surface area contributed by atoms with E-state index in [0.29, 0.717) is 0 Å². The van der Waals surface area contributed by atoms with Crippen LogP contribution in [0.3, 0.4) is 0 Å². The lowest BCUT2D eigenvalue weighted by Gasteiger charge is -2.41. The zero-order valence-corrected chi connectivity index (χ0v) is 22.2. The monoisotopic (exact) mass is 544 g/mol. The van der Waals surface area contributed by atoms with Crippen molar-refractivity contribution in [1.82, 2.24) is 10.2 Å². The molecule has 0 spiro atoms. The van der Waals surface area contributed by atoms with E-state index in [0.717, 1.165) is 27.8 Å². The average molecular weight is 545 g/mol. The Hall–Kier alpha value is -4.21. The van der Waals surface area contributed by atoms with Gasteiger partial charge < -0.3 is 29.5 Å². The lowest BCUT2D eigenvalue weighted by atomic mass is 9.98. The number of hydrogen-bond donors (Lipinski definition) is 2. The highest BCUT2D eigenvalue weighted by molar-refractivity contribution is 5.87. The molecule has 1 aliphatic heterocycles. The van der Waals surface area contributed by atoms with Crippen molar-refractivity contribution < 1.29 is 33.7 Å². The molecule has 208 valence electrons. The number of rotatable bonds is 11. The molecular weight excluding hydrogens is 512 g/mol. The molecule has 0 saturated carbocycles. The van der Waals surface area contributed by atoms with Crippen LogP contribution in [-0.2, 0) is 30.4 Å². The van der Waals surface area contributed by atoms with Crippen molar-refractivity contribution in [3.8, 4) is 11.1 Å². The van der Waals surface area contributed by atoms with E-state index in [-0.39, 0.29) is 44.2 Å². The third-order valence-electron chi connectivity index (χ3n) is 7.31. The van der Waals surface area contributed by atoms with Crippen molar-refractivity contribution in [1.29, 1.82) is 0 Å². The smallest absolute Gasteiger partial charge is 0.407 e. The molecule has 0 bridgehead atoms. The van der Waals surface area contributed by atoms with Gasteiger partial charge in [-0.25, -0.2) is 9.59 Å². The fourth-order valence-electron chi connectivity index (χ4n) is 5.15. The van der Waals surface area contributed by atoms with Gasteiger partial charge in [-0.3, -0.25) is 4.79 Å². The molecule has 1 saturated heterocycles. The zero-order valence-electron chi connectivity index (χ0n) is 22.2. The van der Waals surface area contributed by atoms with Gasteiger partial charge in [0, 0.05) is 19.0 Å². The molecule has 1 heterocycles. The molecule has 2 aliphatic rings. The normalized spacial score (nSPS) is 15.9. The van der Waals surface area contributed by atoms with Crippen LogP contribution < -0.4 is 5.32 Å². The first-order valence-electron chi connectivity index (χ1n) is 13.3.